The molecule has 0 aromatic heterocycles. The van der Waals surface area contributed by atoms with Gasteiger partial charge in [-0.15, -0.1) is 3.71 Å². The zero-order valence-corrected chi connectivity index (χ0v) is 13.9. The Kier molecular flexibility index (Phi) is 10.8. The van der Waals surface area contributed by atoms with Crippen molar-refractivity contribution in [2.45, 2.75) is 19.9 Å². The quantitative estimate of drug-likeness (QED) is 0.369. The molecule has 0 amide bonds. The molecule has 0 aromatic carbocycles. The first kappa shape index (κ1) is 21.1. The fourth-order valence-electron chi connectivity index (χ4n) is 0.628. The Bertz CT molecular complexity index is 315. The average Bonchev–Trinajstić information content (AvgIpc) is 1.49. The third-order valence-electron chi connectivity index (χ3n) is 0.862. The number of hydrogen-bond acceptors (Lipinski definition) is 6. The molecule has 0 bridgehead atoms. The minimum absolute atomic E-state index is 0. The van der Waals surface area contributed by atoms with Crippen molar-refractivity contribution < 1.29 is 85.1 Å². The van der Waals surface area contributed by atoms with Gasteiger partial charge in [0.05, 0.1) is 0 Å². The standard InChI is InChI=1S/C3H9NO6S2.2Na/c1-3(2)4(11(5,6)7)12(8,9)10;;/h3H,1-2H3,(H,5,6,7)(H,8,9,10);;/q;2*+1/p-2. The summed E-state index contributed by atoms with van der Waals surface area (Å²) in [5.41, 5.74) is 0. The Morgan fingerprint density at radius 1 is 0.929 bits per heavy atom. The maximum absolute atomic E-state index is 10.2. The third-order valence-corrected chi connectivity index (χ3v) is 3.68. The number of nitrogens with zero attached hydrogens (tertiary/aromatic N) is 1. The van der Waals surface area contributed by atoms with Crippen LogP contribution in [0.4, 0.5) is 0 Å². The van der Waals surface area contributed by atoms with Crippen molar-refractivity contribution in [3.8, 4) is 0 Å². The van der Waals surface area contributed by atoms with E-state index in [0.29, 0.717) is 0 Å². The predicted octanol–water partition coefficient (Wildman–Crippen LogP) is -7.37. The third kappa shape index (κ3) is 7.12. The van der Waals surface area contributed by atoms with E-state index < -0.39 is 30.4 Å². The van der Waals surface area contributed by atoms with Crippen LogP contribution in [0.3, 0.4) is 0 Å². The molecule has 0 N–H and O–H groups in total. The molecular weight excluding hydrogens is 256 g/mol. The molecule has 0 atom stereocenters. The van der Waals surface area contributed by atoms with Gasteiger partial charge in [-0.1, -0.05) is 0 Å². The molecule has 0 aliphatic heterocycles. The van der Waals surface area contributed by atoms with E-state index in [1.54, 1.807) is 0 Å². The molecular formula is C3H7NNa2O6S2. The van der Waals surface area contributed by atoms with Crippen LogP contribution in [0.2, 0.25) is 0 Å². The van der Waals surface area contributed by atoms with E-state index in [1.165, 1.54) is 0 Å². The first-order valence-corrected chi connectivity index (χ1v) is 5.51. The van der Waals surface area contributed by atoms with Crippen LogP contribution in [0.5, 0.6) is 0 Å². The molecule has 0 radical (unpaired) electrons. The van der Waals surface area contributed by atoms with Crippen molar-refractivity contribution in [2.24, 2.45) is 0 Å². The maximum atomic E-state index is 10.2. The molecule has 11 heteroatoms. The largest absolute Gasteiger partial charge is 1.00 e. The predicted molar refractivity (Wildman–Crippen MR) is 36.4 cm³/mol. The van der Waals surface area contributed by atoms with E-state index in [1.807, 2.05) is 0 Å². The monoisotopic (exact) mass is 263 g/mol. The molecule has 0 heterocycles. The molecule has 0 aromatic rings. The van der Waals surface area contributed by atoms with Gasteiger partial charge in [0.2, 0.25) is 0 Å². The zero-order chi connectivity index (χ0) is 10.2. The van der Waals surface area contributed by atoms with Crippen molar-refractivity contribution in [3.05, 3.63) is 0 Å². The molecule has 0 saturated heterocycles. The van der Waals surface area contributed by atoms with Crippen LogP contribution in [0.15, 0.2) is 0 Å². The Morgan fingerprint density at radius 2 is 1.14 bits per heavy atom. The molecule has 0 aliphatic rings. The van der Waals surface area contributed by atoms with E-state index in [4.69, 9.17) is 0 Å². The topological polar surface area (TPSA) is 118 Å². The van der Waals surface area contributed by atoms with Gasteiger partial charge in [0, 0.05) is 6.04 Å². The molecule has 74 valence electrons. The van der Waals surface area contributed by atoms with Crippen molar-refractivity contribution in [1.82, 2.24) is 3.71 Å². The first-order valence-electron chi connectivity index (χ1n) is 2.78. The van der Waals surface area contributed by atoms with Crippen LogP contribution in [-0.4, -0.2) is 35.7 Å². The molecule has 0 rings (SSSR count). The SMILES string of the molecule is CC(C)N(S(=O)(=O)[O-])S(=O)(=O)[O-].[Na+].[Na+]. The van der Waals surface area contributed by atoms with E-state index in [-0.39, 0.29) is 59.1 Å². The van der Waals surface area contributed by atoms with Crippen molar-refractivity contribution in [3.63, 3.8) is 0 Å². The van der Waals surface area contributed by atoms with Crippen LogP contribution in [0.25, 0.3) is 0 Å². The zero-order valence-electron chi connectivity index (χ0n) is 8.29. The van der Waals surface area contributed by atoms with Crippen LogP contribution in [0, 0.1) is 0 Å². The molecule has 0 saturated carbocycles. The van der Waals surface area contributed by atoms with Gasteiger partial charge in [-0.05, 0) is 13.8 Å². The van der Waals surface area contributed by atoms with Crippen molar-refractivity contribution in [2.75, 3.05) is 0 Å². The summed E-state index contributed by atoms with van der Waals surface area (Å²) in [6.45, 7) is 2.20. The second kappa shape index (κ2) is 7.17. The Hall–Kier alpha value is 1.78. The molecule has 0 spiro atoms. The van der Waals surface area contributed by atoms with Gasteiger partial charge in [0.1, 0.15) is 0 Å². The fraction of sp³-hybridized carbons (Fsp3) is 1.00. The normalized spacial score (nSPS) is 12.1. The molecule has 14 heavy (non-hydrogen) atoms. The van der Waals surface area contributed by atoms with Gasteiger partial charge < -0.3 is 9.11 Å². The summed E-state index contributed by atoms with van der Waals surface area (Å²) in [6, 6.07) is -1.20. The molecule has 0 fully saturated rings. The summed E-state index contributed by atoms with van der Waals surface area (Å²) in [5.74, 6) is 0. The van der Waals surface area contributed by atoms with Crippen LogP contribution in [-0.2, 0) is 20.6 Å². The maximum Gasteiger partial charge on any atom is 1.00 e. The average molecular weight is 263 g/mol. The smallest absolute Gasteiger partial charge is 0.735 e. The van der Waals surface area contributed by atoms with Gasteiger partial charge in [0.15, 0.2) is 20.6 Å². The minimum atomic E-state index is -5.24. The second-order valence-corrected chi connectivity index (χ2v) is 4.96. The molecule has 7 nitrogen and oxygen atoms in total. The summed E-state index contributed by atoms with van der Waals surface area (Å²) in [6.07, 6.45) is 0. The van der Waals surface area contributed by atoms with Crippen LogP contribution >= 0.6 is 0 Å². The molecule has 0 aliphatic carbocycles. The van der Waals surface area contributed by atoms with E-state index in [9.17, 15) is 25.9 Å². The number of hydrogen-bond donors (Lipinski definition) is 0. The van der Waals surface area contributed by atoms with Gasteiger partial charge in [-0.2, -0.15) is 0 Å². The van der Waals surface area contributed by atoms with E-state index in [0.717, 1.165) is 13.8 Å². The second-order valence-electron chi connectivity index (χ2n) is 2.23. The van der Waals surface area contributed by atoms with Gasteiger partial charge in [-0.25, -0.2) is 16.8 Å². The van der Waals surface area contributed by atoms with E-state index >= 15 is 0 Å². The Labute approximate surface area is 128 Å². The first-order chi connectivity index (χ1) is 5.07. The van der Waals surface area contributed by atoms with Gasteiger partial charge >= 0.3 is 59.1 Å². The van der Waals surface area contributed by atoms with Crippen molar-refractivity contribution >= 4 is 20.6 Å². The fourth-order valence-corrected chi connectivity index (χ4v) is 2.56. The van der Waals surface area contributed by atoms with Crippen LogP contribution < -0.4 is 59.1 Å². The minimum Gasteiger partial charge on any atom is -0.735 e. The summed E-state index contributed by atoms with van der Waals surface area (Å²) in [5, 5.41) is 0. The summed E-state index contributed by atoms with van der Waals surface area (Å²) in [7, 11) is -10.5. The summed E-state index contributed by atoms with van der Waals surface area (Å²) >= 11 is 0. The Balaban J connectivity index is -0.000000605. The molecule has 0 unspecified atom stereocenters. The van der Waals surface area contributed by atoms with Crippen molar-refractivity contribution in [1.29, 1.82) is 0 Å². The van der Waals surface area contributed by atoms with Gasteiger partial charge in [0.25, 0.3) is 0 Å². The van der Waals surface area contributed by atoms with Gasteiger partial charge in [-0.3, -0.25) is 0 Å². The summed E-state index contributed by atoms with van der Waals surface area (Å²) < 4.78 is 60.6. The van der Waals surface area contributed by atoms with Crippen LogP contribution in [0.1, 0.15) is 13.8 Å². The summed E-state index contributed by atoms with van der Waals surface area (Å²) in [4.78, 5) is 0. The number of rotatable bonds is 3. The van der Waals surface area contributed by atoms with E-state index in [2.05, 4.69) is 0 Å². The Morgan fingerprint density at radius 3 is 1.14 bits per heavy atom.